The van der Waals surface area contributed by atoms with Crippen LogP contribution in [0.25, 0.3) is 0 Å². The minimum atomic E-state index is -4.23. The van der Waals surface area contributed by atoms with Gasteiger partial charge in [0.2, 0.25) is 0 Å². The van der Waals surface area contributed by atoms with Crippen molar-refractivity contribution in [2.75, 3.05) is 46.1 Å². The number of nitrogens with one attached hydrogen (secondary N) is 1. The molecule has 0 aliphatic carbocycles. The Bertz CT molecular complexity index is 1010. The molecule has 10 nitrogen and oxygen atoms in total. The molecule has 0 saturated carbocycles. The van der Waals surface area contributed by atoms with Crippen LogP contribution in [0.4, 0.5) is 0 Å². The largest absolute Gasteiger partial charge is 0.472 e. The average molecular weight is 694 g/mol. The van der Waals surface area contributed by atoms with Crippen LogP contribution in [0.1, 0.15) is 130 Å². The molecule has 0 aliphatic heterocycles. The Morgan fingerprint density at radius 1 is 0.766 bits per heavy atom. The van der Waals surface area contributed by atoms with Gasteiger partial charge < -0.3 is 24.4 Å². The van der Waals surface area contributed by atoms with E-state index in [1.54, 1.807) is 0 Å². The highest BCUT2D eigenvalue weighted by Crippen LogP contribution is 2.44. The fourth-order valence-corrected chi connectivity index (χ4v) is 6.66. The number of ether oxygens (including phenoxy) is 3. The number of carbonyl (C=O) groups excluding carboxylic acids is 2. The van der Waals surface area contributed by atoms with Crippen LogP contribution in [-0.4, -0.2) is 69.1 Å². The summed E-state index contributed by atoms with van der Waals surface area (Å²) in [5.41, 5.74) is -2.98. The molecule has 3 unspecified atom stereocenters. The van der Waals surface area contributed by atoms with Crippen LogP contribution in [0.5, 0.6) is 0 Å². The molecule has 0 amide bonds. The van der Waals surface area contributed by atoms with Crippen LogP contribution in [0.2, 0.25) is 0 Å². The Kier molecular flexibility index (Phi) is 17.9. The van der Waals surface area contributed by atoms with E-state index < -0.39 is 35.6 Å². The van der Waals surface area contributed by atoms with Gasteiger partial charge in [0, 0.05) is 17.4 Å². The lowest BCUT2D eigenvalue weighted by molar-refractivity contribution is -0.184. The Morgan fingerprint density at radius 2 is 1.28 bits per heavy atom. The Hall–Kier alpha value is -1.03. The van der Waals surface area contributed by atoms with Crippen molar-refractivity contribution in [2.45, 2.75) is 136 Å². The molecule has 0 spiro atoms. The molecule has 0 aromatic heterocycles. The van der Waals surface area contributed by atoms with Crippen molar-refractivity contribution in [1.29, 1.82) is 0 Å². The number of esters is 2. The predicted octanol–water partition coefficient (Wildman–Crippen LogP) is 8.20. The van der Waals surface area contributed by atoms with Crippen LogP contribution in [0.15, 0.2) is 0 Å². The molecule has 0 aromatic carbocycles. The third kappa shape index (κ3) is 19.7. The third-order valence-electron chi connectivity index (χ3n) is 7.88. The van der Waals surface area contributed by atoms with Gasteiger partial charge in [-0.3, -0.25) is 18.6 Å². The normalized spacial score (nSPS) is 16.8. The summed E-state index contributed by atoms with van der Waals surface area (Å²) in [5, 5.41) is 3.16. The molecule has 280 valence electrons. The molecular weight excluding hydrogens is 621 g/mol. The highest BCUT2D eigenvalue weighted by molar-refractivity contribution is 7.47. The molecule has 47 heavy (non-hydrogen) atoms. The highest BCUT2D eigenvalue weighted by Gasteiger charge is 2.43. The quantitative estimate of drug-likeness (QED) is 0.0650. The first-order valence-electron chi connectivity index (χ1n) is 17.2. The van der Waals surface area contributed by atoms with Gasteiger partial charge in [0.25, 0.3) is 0 Å². The zero-order chi connectivity index (χ0) is 37.1. The lowest BCUT2D eigenvalue weighted by atomic mass is 9.76. The minimum Gasteiger partial charge on any atom is -0.461 e. The van der Waals surface area contributed by atoms with E-state index in [2.05, 4.69) is 60.7 Å². The summed E-state index contributed by atoms with van der Waals surface area (Å²) >= 11 is 0. The topological polar surface area (TPSA) is 130 Å². The van der Waals surface area contributed by atoms with Crippen molar-refractivity contribution in [3.8, 4) is 0 Å². The molecule has 0 bridgehead atoms. The molecule has 0 aliphatic rings. The average Bonchev–Trinajstić information content (AvgIpc) is 2.86. The standard InChI is InChI=1S/C36H72NO9P/c1-17-36(16,26-42-24-33(10,11)25-45-47(40,41)44-19-18-37-20-27(2)3)28(46-30(39)35(14,15)23-32(7,8)9)21-43-29(38)34(12,13)22-31(4,5)6/h27-28,37H,17-26H2,1-16H3,(H,40,41). The van der Waals surface area contributed by atoms with Gasteiger partial charge in [0.1, 0.15) is 12.7 Å². The molecule has 2 N–H and O–H groups in total. The number of hydrogen-bond acceptors (Lipinski definition) is 9. The van der Waals surface area contributed by atoms with Gasteiger partial charge in [-0.2, -0.15) is 0 Å². The lowest BCUT2D eigenvalue weighted by Crippen LogP contribution is -2.47. The van der Waals surface area contributed by atoms with Gasteiger partial charge in [-0.15, -0.1) is 0 Å². The second kappa shape index (κ2) is 18.3. The summed E-state index contributed by atoms with van der Waals surface area (Å²) in [7, 11) is -4.23. The molecule has 3 atom stereocenters. The molecule has 0 radical (unpaired) electrons. The van der Waals surface area contributed by atoms with Crippen LogP contribution >= 0.6 is 7.82 Å². The van der Waals surface area contributed by atoms with E-state index >= 15 is 0 Å². The van der Waals surface area contributed by atoms with Crippen LogP contribution < -0.4 is 5.32 Å². The zero-order valence-corrected chi connectivity index (χ0v) is 33.8. The highest BCUT2D eigenvalue weighted by atomic mass is 31.2. The Morgan fingerprint density at radius 3 is 1.74 bits per heavy atom. The van der Waals surface area contributed by atoms with E-state index in [1.165, 1.54) is 0 Å². The van der Waals surface area contributed by atoms with Crippen molar-refractivity contribution >= 4 is 19.8 Å². The fraction of sp³-hybridized carbons (Fsp3) is 0.944. The van der Waals surface area contributed by atoms with Crippen LogP contribution in [-0.2, 0) is 37.4 Å². The summed E-state index contributed by atoms with van der Waals surface area (Å²) in [5.74, 6) is -0.230. The van der Waals surface area contributed by atoms with Gasteiger partial charge in [-0.1, -0.05) is 83.1 Å². The van der Waals surface area contributed by atoms with E-state index in [0.717, 1.165) is 6.54 Å². The van der Waals surface area contributed by atoms with Gasteiger partial charge in [0.15, 0.2) is 0 Å². The van der Waals surface area contributed by atoms with Gasteiger partial charge in [-0.25, -0.2) is 4.57 Å². The maximum Gasteiger partial charge on any atom is 0.472 e. The molecule has 0 saturated heterocycles. The van der Waals surface area contributed by atoms with E-state index in [1.807, 2.05) is 55.4 Å². The van der Waals surface area contributed by atoms with Gasteiger partial charge >= 0.3 is 19.8 Å². The molecular formula is C36H72NO9P. The smallest absolute Gasteiger partial charge is 0.461 e. The SMILES string of the molecule is CCC(C)(COCC(C)(C)COP(=O)(O)OCCNCC(C)C)C(COC(=O)C(C)(C)CC(C)(C)C)OC(=O)C(C)(C)CC(C)(C)C. The summed E-state index contributed by atoms with van der Waals surface area (Å²) in [6.45, 7) is 33.4. The molecule has 0 rings (SSSR count). The van der Waals surface area contributed by atoms with Gasteiger partial charge in [-0.05, 0) is 70.3 Å². The first-order chi connectivity index (χ1) is 21.0. The number of carbonyl (C=O) groups is 2. The van der Waals surface area contributed by atoms with Crippen molar-refractivity contribution in [3.63, 3.8) is 0 Å². The van der Waals surface area contributed by atoms with E-state index in [4.69, 9.17) is 23.3 Å². The van der Waals surface area contributed by atoms with Crippen molar-refractivity contribution in [1.82, 2.24) is 5.32 Å². The van der Waals surface area contributed by atoms with Gasteiger partial charge in [0.05, 0.1) is 37.3 Å². The minimum absolute atomic E-state index is 0.0525. The summed E-state index contributed by atoms with van der Waals surface area (Å²) in [4.78, 5) is 37.1. The molecule has 0 heterocycles. The van der Waals surface area contributed by atoms with Crippen molar-refractivity contribution in [2.24, 2.45) is 38.4 Å². The number of rotatable bonds is 22. The third-order valence-corrected chi connectivity index (χ3v) is 8.84. The first-order valence-corrected chi connectivity index (χ1v) is 18.7. The van der Waals surface area contributed by atoms with E-state index in [9.17, 15) is 19.0 Å². The van der Waals surface area contributed by atoms with E-state index in [-0.39, 0.29) is 55.8 Å². The zero-order valence-electron chi connectivity index (χ0n) is 32.9. The number of hydrogen-bond donors (Lipinski definition) is 2. The number of phosphoric acid groups is 1. The van der Waals surface area contributed by atoms with E-state index in [0.29, 0.717) is 31.7 Å². The number of phosphoric ester groups is 1. The monoisotopic (exact) mass is 693 g/mol. The molecule has 0 fully saturated rings. The fourth-order valence-electron chi connectivity index (χ4n) is 5.75. The first kappa shape index (κ1) is 46.0. The summed E-state index contributed by atoms with van der Waals surface area (Å²) in [6, 6.07) is 0. The molecule has 11 heteroatoms. The summed E-state index contributed by atoms with van der Waals surface area (Å²) < 4.78 is 41.1. The van der Waals surface area contributed by atoms with Crippen molar-refractivity contribution < 1.29 is 42.3 Å². The second-order valence-corrected chi connectivity index (χ2v) is 20.0. The van der Waals surface area contributed by atoms with Crippen molar-refractivity contribution in [3.05, 3.63) is 0 Å². The Balaban J connectivity index is 5.68. The second-order valence-electron chi connectivity index (χ2n) is 18.6. The maximum atomic E-state index is 13.6. The lowest BCUT2D eigenvalue weighted by Gasteiger charge is -2.39. The Labute approximate surface area is 287 Å². The maximum absolute atomic E-state index is 13.6. The summed E-state index contributed by atoms with van der Waals surface area (Å²) in [6.07, 6.45) is 1.07. The van der Waals surface area contributed by atoms with Crippen LogP contribution in [0.3, 0.4) is 0 Å². The van der Waals surface area contributed by atoms with Crippen LogP contribution in [0, 0.1) is 38.4 Å². The predicted molar refractivity (Wildman–Crippen MR) is 189 cm³/mol. The molecule has 0 aromatic rings.